The highest BCUT2D eigenvalue weighted by molar-refractivity contribution is 7.98. The van der Waals surface area contributed by atoms with E-state index in [0.29, 0.717) is 0 Å². The molecule has 1 aromatic carbocycles. The van der Waals surface area contributed by atoms with E-state index in [-0.39, 0.29) is 0 Å². The molecule has 0 N–H and O–H groups in total. The molecule has 1 fully saturated rings. The number of benzene rings is 1. The Hall–Kier alpha value is -1.55. The lowest BCUT2D eigenvalue weighted by Crippen LogP contribution is -2.34. The van der Waals surface area contributed by atoms with Gasteiger partial charge in [0.05, 0.1) is 0 Å². The number of piperidine rings is 1. The molecule has 0 spiro atoms. The van der Waals surface area contributed by atoms with Gasteiger partial charge in [0, 0.05) is 24.9 Å². The van der Waals surface area contributed by atoms with Crippen LogP contribution in [0.2, 0.25) is 0 Å². The van der Waals surface area contributed by atoms with E-state index in [2.05, 4.69) is 59.0 Å². The van der Waals surface area contributed by atoms with Crippen LogP contribution in [0.4, 0.5) is 5.82 Å². The molecule has 22 heavy (non-hydrogen) atoms. The Bertz CT molecular complexity index is 612. The summed E-state index contributed by atoms with van der Waals surface area (Å²) in [6, 6.07) is 10.8. The number of hydrogen-bond donors (Lipinski definition) is 0. The van der Waals surface area contributed by atoms with Crippen molar-refractivity contribution in [3.05, 3.63) is 47.8 Å². The summed E-state index contributed by atoms with van der Waals surface area (Å²) in [5, 5.41) is 1.06. The van der Waals surface area contributed by atoms with Gasteiger partial charge >= 0.3 is 0 Å². The van der Waals surface area contributed by atoms with Crippen LogP contribution in [0.1, 0.15) is 30.9 Å². The Balaban J connectivity index is 1.64. The maximum absolute atomic E-state index is 4.47. The summed E-state index contributed by atoms with van der Waals surface area (Å²) in [5.74, 6) is 2.79. The number of aromatic nitrogens is 2. The third kappa shape index (κ3) is 4.01. The van der Waals surface area contributed by atoms with E-state index in [4.69, 9.17) is 0 Å². The number of anilines is 1. The molecule has 3 nitrogen and oxygen atoms in total. The molecule has 1 aliphatic rings. The number of aryl methyl sites for hydroxylation is 1. The first-order chi connectivity index (χ1) is 10.7. The Kier molecular flexibility index (Phi) is 4.98. The largest absolute Gasteiger partial charge is 0.356 e. The lowest BCUT2D eigenvalue weighted by Gasteiger charge is -2.31. The summed E-state index contributed by atoms with van der Waals surface area (Å²) >= 11 is 1.78. The van der Waals surface area contributed by atoms with Gasteiger partial charge in [-0.1, -0.05) is 36.8 Å². The summed E-state index contributed by atoms with van der Waals surface area (Å²) in [7, 11) is 0. The third-order valence-electron chi connectivity index (χ3n) is 4.12. The Morgan fingerprint density at radius 3 is 2.82 bits per heavy atom. The van der Waals surface area contributed by atoms with Crippen LogP contribution in [0.25, 0.3) is 0 Å². The molecule has 2 aromatic rings. The lowest BCUT2D eigenvalue weighted by molar-refractivity contribution is 0.444. The summed E-state index contributed by atoms with van der Waals surface area (Å²) in [6.45, 7) is 6.66. The van der Waals surface area contributed by atoms with Gasteiger partial charge in [-0.3, -0.25) is 0 Å². The quantitative estimate of drug-likeness (QED) is 0.621. The van der Waals surface area contributed by atoms with Crippen LogP contribution in [0, 0.1) is 12.8 Å². The van der Waals surface area contributed by atoms with E-state index >= 15 is 0 Å². The summed E-state index contributed by atoms with van der Waals surface area (Å²) < 4.78 is 0. The third-order valence-corrected chi connectivity index (χ3v) is 5.11. The van der Waals surface area contributed by atoms with Gasteiger partial charge in [0.2, 0.25) is 0 Å². The zero-order valence-electron chi connectivity index (χ0n) is 13.3. The van der Waals surface area contributed by atoms with Gasteiger partial charge in [0.25, 0.3) is 0 Å². The predicted octanol–water partition coefficient (Wildman–Crippen LogP) is 4.31. The van der Waals surface area contributed by atoms with Crippen molar-refractivity contribution in [2.24, 2.45) is 5.92 Å². The Labute approximate surface area is 137 Å². The van der Waals surface area contributed by atoms with Crippen molar-refractivity contribution in [1.82, 2.24) is 9.97 Å². The smallest absolute Gasteiger partial charge is 0.133 e. The van der Waals surface area contributed by atoms with E-state index in [1.54, 1.807) is 18.1 Å². The van der Waals surface area contributed by atoms with Gasteiger partial charge in [-0.15, -0.1) is 11.8 Å². The fourth-order valence-corrected chi connectivity index (χ4v) is 3.64. The number of nitrogens with zero attached hydrogens (tertiary/aromatic N) is 3. The van der Waals surface area contributed by atoms with Gasteiger partial charge in [-0.2, -0.15) is 0 Å². The van der Waals surface area contributed by atoms with Crippen LogP contribution in [0.3, 0.4) is 0 Å². The van der Waals surface area contributed by atoms with Crippen LogP contribution in [-0.2, 0) is 5.75 Å². The maximum Gasteiger partial charge on any atom is 0.133 e. The Morgan fingerprint density at radius 1 is 1.23 bits per heavy atom. The second-order valence-corrected chi connectivity index (χ2v) is 7.18. The minimum atomic E-state index is 0.757. The maximum atomic E-state index is 4.47. The average molecular weight is 313 g/mol. The topological polar surface area (TPSA) is 29.0 Å². The van der Waals surface area contributed by atoms with Gasteiger partial charge in [-0.25, -0.2) is 9.97 Å². The van der Waals surface area contributed by atoms with E-state index in [1.807, 2.05) is 0 Å². The highest BCUT2D eigenvalue weighted by Crippen LogP contribution is 2.26. The predicted molar refractivity (Wildman–Crippen MR) is 93.4 cm³/mol. The monoisotopic (exact) mass is 313 g/mol. The van der Waals surface area contributed by atoms with Gasteiger partial charge in [0.15, 0.2) is 0 Å². The van der Waals surface area contributed by atoms with Gasteiger partial charge in [-0.05, 0) is 31.2 Å². The van der Waals surface area contributed by atoms with Crippen molar-refractivity contribution in [2.45, 2.75) is 37.5 Å². The number of hydrogen-bond acceptors (Lipinski definition) is 4. The van der Waals surface area contributed by atoms with Crippen molar-refractivity contribution in [3.8, 4) is 0 Å². The number of rotatable bonds is 4. The van der Waals surface area contributed by atoms with E-state index in [1.165, 1.54) is 24.0 Å². The van der Waals surface area contributed by atoms with Crippen LogP contribution in [-0.4, -0.2) is 23.1 Å². The summed E-state index contributed by atoms with van der Waals surface area (Å²) in [5.41, 5.74) is 2.64. The molecule has 4 heteroatoms. The van der Waals surface area contributed by atoms with E-state index < -0.39 is 0 Å². The fraction of sp³-hybridized carbons (Fsp3) is 0.444. The molecule has 1 atom stereocenters. The molecule has 0 bridgehead atoms. The second-order valence-electron chi connectivity index (χ2n) is 6.18. The first kappa shape index (κ1) is 15.3. The molecule has 116 valence electrons. The standard InChI is InChI=1S/C18H23N3S/c1-14-5-7-16(8-6-14)12-22-18-10-17(19-13-20-18)21-9-3-4-15(2)11-21/h5-8,10,13,15H,3-4,9,11-12H2,1-2H3. The lowest BCUT2D eigenvalue weighted by atomic mass is 10.0. The molecule has 3 rings (SSSR count). The minimum absolute atomic E-state index is 0.757. The molecule has 0 amide bonds. The van der Waals surface area contributed by atoms with E-state index in [0.717, 1.165) is 35.6 Å². The first-order valence-corrected chi connectivity index (χ1v) is 8.94. The molecular weight excluding hydrogens is 290 g/mol. The first-order valence-electron chi connectivity index (χ1n) is 7.96. The zero-order valence-corrected chi connectivity index (χ0v) is 14.1. The highest BCUT2D eigenvalue weighted by atomic mass is 32.2. The molecule has 1 aromatic heterocycles. The van der Waals surface area contributed by atoms with Gasteiger partial charge in [0.1, 0.15) is 17.2 Å². The van der Waals surface area contributed by atoms with Crippen molar-refractivity contribution in [1.29, 1.82) is 0 Å². The molecule has 1 aliphatic heterocycles. The van der Waals surface area contributed by atoms with Crippen LogP contribution in [0.15, 0.2) is 41.7 Å². The number of thioether (sulfide) groups is 1. The Morgan fingerprint density at radius 2 is 2.05 bits per heavy atom. The highest BCUT2D eigenvalue weighted by Gasteiger charge is 2.17. The van der Waals surface area contributed by atoms with Crippen molar-refractivity contribution in [3.63, 3.8) is 0 Å². The molecule has 1 saturated heterocycles. The van der Waals surface area contributed by atoms with Crippen LogP contribution in [0.5, 0.6) is 0 Å². The molecular formula is C18H23N3S. The van der Waals surface area contributed by atoms with Gasteiger partial charge < -0.3 is 4.90 Å². The summed E-state index contributed by atoms with van der Waals surface area (Å²) in [4.78, 5) is 11.3. The SMILES string of the molecule is Cc1ccc(CSc2cc(N3CCCC(C)C3)ncn2)cc1. The van der Waals surface area contributed by atoms with Crippen molar-refractivity contribution < 1.29 is 0 Å². The van der Waals surface area contributed by atoms with Crippen LogP contribution >= 0.6 is 11.8 Å². The normalized spacial score (nSPS) is 18.5. The fourth-order valence-electron chi connectivity index (χ4n) is 2.82. The minimum Gasteiger partial charge on any atom is -0.356 e. The molecule has 1 unspecified atom stereocenters. The molecule has 2 heterocycles. The average Bonchev–Trinajstić information content (AvgIpc) is 2.55. The second kappa shape index (κ2) is 7.14. The molecule has 0 radical (unpaired) electrons. The molecule has 0 aliphatic carbocycles. The molecule has 0 saturated carbocycles. The zero-order chi connectivity index (χ0) is 15.4. The van der Waals surface area contributed by atoms with Crippen LogP contribution < -0.4 is 4.90 Å². The van der Waals surface area contributed by atoms with Crippen molar-refractivity contribution >= 4 is 17.6 Å². The van der Waals surface area contributed by atoms with Crippen molar-refractivity contribution in [2.75, 3.05) is 18.0 Å². The van der Waals surface area contributed by atoms with E-state index in [9.17, 15) is 0 Å². The summed E-state index contributed by atoms with van der Waals surface area (Å²) in [6.07, 6.45) is 4.29.